The fourth-order valence-electron chi connectivity index (χ4n) is 2.70. The molecule has 1 rings (SSSR count). The Bertz CT molecular complexity index is 414. The van der Waals surface area contributed by atoms with Gasteiger partial charge in [0.05, 0.1) is 12.3 Å². The van der Waals surface area contributed by atoms with E-state index >= 15 is 0 Å². The molecule has 2 amide bonds. The molecule has 1 saturated heterocycles. The molecule has 2 atom stereocenters. The molecule has 1 aliphatic heterocycles. The molecule has 1 fully saturated rings. The third-order valence-electron chi connectivity index (χ3n) is 3.59. The molecule has 0 bridgehead atoms. The maximum absolute atomic E-state index is 12.2. The van der Waals surface area contributed by atoms with Gasteiger partial charge < -0.3 is 15.3 Å². The summed E-state index contributed by atoms with van der Waals surface area (Å²) in [6.45, 7) is 8.93. The Hall–Kier alpha value is -1.59. The maximum Gasteiger partial charge on any atom is 0.305 e. The highest BCUT2D eigenvalue weighted by Crippen LogP contribution is 2.23. The van der Waals surface area contributed by atoms with Crippen molar-refractivity contribution in [3.63, 3.8) is 0 Å². The van der Waals surface area contributed by atoms with Gasteiger partial charge in [-0.15, -0.1) is 0 Å². The Morgan fingerprint density at radius 1 is 1.43 bits per heavy atom. The summed E-state index contributed by atoms with van der Waals surface area (Å²) in [4.78, 5) is 36.5. The minimum absolute atomic E-state index is 0.0109. The SMILES string of the molecule is CCN1CC(C(=O)NC(CC(=O)O)CC(C)(C)C)CC1=O. The Kier molecular flexibility index (Phi) is 5.75. The van der Waals surface area contributed by atoms with Crippen molar-refractivity contribution in [2.45, 2.75) is 53.0 Å². The smallest absolute Gasteiger partial charge is 0.305 e. The van der Waals surface area contributed by atoms with Crippen molar-refractivity contribution in [1.29, 1.82) is 0 Å². The lowest BCUT2D eigenvalue weighted by molar-refractivity contribution is -0.138. The Morgan fingerprint density at radius 3 is 2.48 bits per heavy atom. The van der Waals surface area contributed by atoms with Crippen LogP contribution in [0.15, 0.2) is 0 Å². The number of likely N-dealkylation sites (tertiary alicyclic amines) is 1. The van der Waals surface area contributed by atoms with Gasteiger partial charge in [0, 0.05) is 25.6 Å². The number of rotatable bonds is 6. The molecule has 1 heterocycles. The molecular weight excluding hydrogens is 272 g/mol. The van der Waals surface area contributed by atoms with E-state index in [4.69, 9.17) is 5.11 Å². The van der Waals surface area contributed by atoms with Gasteiger partial charge in [0.2, 0.25) is 11.8 Å². The van der Waals surface area contributed by atoms with Crippen LogP contribution in [0.3, 0.4) is 0 Å². The number of carbonyl (C=O) groups excluding carboxylic acids is 2. The van der Waals surface area contributed by atoms with Gasteiger partial charge >= 0.3 is 5.97 Å². The van der Waals surface area contributed by atoms with Crippen LogP contribution in [0.4, 0.5) is 0 Å². The lowest BCUT2D eigenvalue weighted by Crippen LogP contribution is -2.42. The van der Waals surface area contributed by atoms with Crippen molar-refractivity contribution in [3.05, 3.63) is 0 Å². The molecule has 2 unspecified atom stereocenters. The van der Waals surface area contributed by atoms with E-state index in [2.05, 4.69) is 5.32 Å². The van der Waals surface area contributed by atoms with E-state index in [1.165, 1.54) is 0 Å². The van der Waals surface area contributed by atoms with Crippen LogP contribution in [0.1, 0.15) is 47.0 Å². The standard InChI is InChI=1S/C15H26N2O4/c1-5-17-9-10(6-12(17)18)14(21)16-11(7-13(19)20)8-15(2,3)4/h10-11H,5-9H2,1-4H3,(H,16,21)(H,19,20). The van der Waals surface area contributed by atoms with Crippen LogP contribution in [0, 0.1) is 11.3 Å². The zero-order valence-electron chi connectivity index (χ0n) is 13.3. The monoisotopic (exact) mass is 298 g/mol. The van der Waals surface area contributed by atoms with Gasteiger partial charge in [-0.3, -0.25) is 14.4 Å². The normalized spacial score (nSPS) is 20.5. The third kappa shape index (κ3) is 5.73. The minimum Gasteiger partial charge on any atom is -0.481 e. The number of nitrogens with one attached hydrogen (secondary N) is 1. The van der Waals surface area contributed by atoms with Crippen molar-refractivity contribution in [3.8, 4) is 0 Å². The maximum atomic E-state index is 12.2. The largest absolute Gasteiger partial charge is 0.481 e. The van der Waals surface area contributed by atoms with Crippen LogP contribution in [0.2, 0.25) is 0 Å². The quantitative estimate of drug-likeness (QED) is 0.772. The van der Waals surface area contributed by atoms with E-state index in [0.717, 1.165) is 0 Å². The Labute approximate surface area is 125 Å². The first-order valence-electron chi connectivity index (χ1n) is 7.42. The van der Waals surface area contributed by atoms with Crippen molar-refractivity contribution in [2.75, 3.05) is 13.1 Å². The van der Waals surface area contributed by atoms with Gasteiger partial charge in [-0.1, -0.05) is 20.8 Å². The molecule has 2 N–H and O–H groups in total. The topological polar surface area (TPSA) is 86.7 Å². The van der Waals surface area contributed by atoms with E-state index < -0.39 is 12.0 Å². The number of hydrogen-bond acceptors (Lipinski definition) is 3. The number of nitrogens with zero attached hydrogens (tertiary/aromatic N) is 1. The van der Waals surface area contributed by atoms with Crippen LogP contribution in [-0.4, -0.2) is 46.9 Å². The zero-order valence-corrected chi connectivity index (χ0v) is 13.3. The van der Waals surface area contributed by atoms with Crippen LogP contribution >= 0.6 is 0 Å². The van der Waals surface area contributed by atoms with Crippen molar-refractivity contribution in [2.24, 2.45) is 11.3 Å². The molecule has 0 saturated carbocycles. The average Bonchev–Trinajstić information content (AvgIpc) is 2.67. The van der Waals surface area contributed by atoms with Crippen molar-refractivity contribution in [1.82, 2.24) is 10.2 Å². The van der Waals surface area contributed by atoms with Gasteiger partial charge in [0.15, 0.2) is 0 Å². The number of carbonyl (C=O) groups is 3. The second-order valence-corrected chi connectivity index (χ2v) is 6.90. The number of carboxylic acids is 1. The second-order valence-electron chi connectivity index (χ2n) is 6.90. The molecule has 6 heteroatoms. The highest BCUT2D eigenvalue weighted by atomic mass is 16.4. The lowest BCUT2D eigenvalue weighted by atomic mass is 9.86. The summed E-state index contributed by atoms with van der Waals surface area (Å²) in [7, 11) is 0. The highest BCUT2D eigenvalue weighted by molar-refractivity contribution is 5.89. The molecule has 0 spiro atoms. The van der Waals surface area contributed by atoms with Crippen molar-refractivity contribution >= 4 is 17.8 Å². The predicted octanol–water partition coefficient (Wildman–Crippen LogP) is 1.25. The Balaban J connectivity index is 2.64. The number of amides is 2. The fraction of sp³-hybridized carbons (Fsp3) is 0.800. The van der Waals surface area contributed by atoms with E-state index in [0.29, 0.717) is 19.5 Å². The summed E-state index contributed by atoms with van der Waals surface area (Å²) in [6.07, 6.45) is 0.708. The van der Waals surface area contributed by atoms with Crippen LogP contribution in [0.5, 0.6) is 0 Å². The first-order valence-corrected chi connectivity index (χ1v) is 7.42. The fourth-order valence-corrected chi connectivity index (χ4v) is 2.70. The molecule has 0 aromatic heterocycles. The zero-order chi connectivity index (χ0) is 16.2. The highest BCUT2D eigenvalue weighted by Gasteiger charge is 2.34. The van der Waals surface area contributed by atoms with E-state index in [-0.39, 0.29) is 36.0 Å². The third-order valence-corrected chi connectivity index (χ3v) is 3.59. The van der Waals surface area contributed by atoms with Gasteiger partial charge in [-0.25, -0.2) is 0 Å². The molecular formula is C15H26N2O4. The van der Waals surface area contributed by atoms with Crippen LogP contribution in [0.25, 0.3) is 0 Å². The molecule has 0 aromatic rings. The van der Waals surface area contributed by atoms with E-state index in [1.54, 1.807) is 4.90 Å². The van der Waals surface area contributed by atoms with E-state index in [1.807, 2.05) is 27.7 Å². The number of hydrogen-bond donors (Lipinski definition) is 2. The summed E-state index contributed by atoms with van der Waals surface area (Å²) < 4.78 is 0. The second kappa shape index (κ2) is 6.91. The summed E-state index contributed by atoms with van der Waals surface area (Å²) in [5.74, 6) is -1.52. The first kappa shape index (κ1) is 17.5. The predicted molar refractivity (Wildman–Crippen MR) is 78.6 cm³/mol. The van der Waals surface area contributed by atoms with Gasteiger partial charge in [0.1, 0.15) is 0 Å². The molecule has 21 heavy (non-hydrogen) atoms. The molecule has 0 radical (unpaired) electrons. The summed E-state index contributed by atoms with van der Waals surface area (Å²) >= 11 is 0. The minimum atomic E-state index is -0.928. The molecule has 6 nitrogen and oxygen atoms in total. The van der Waals surface area contributed by atoms with Gasteiger partial charge in [-0.2, -0.15) is 0 Å². The van der Waals surface area contributed by atoms with Gasteiger partial charge in [0.25, 0.3) is 0 Å². The average molecular weight is 298 g/mol. The molecule has 0 aromatic carbocycles. The van der Waals surface area contributed by atoms with Crippen molar-refractivity contribution < 1.29 is 19.5 Å². The lowest BCUT2D eigenvalue weighted by Gasteiger charge is -2.26. The van der Waals surface area contributed by atoms with Gasteiger partial charge in [-0.05, 0) is 18.8 Å². The van der Waals surface area contributed by atoms with E-state index in [9.17, 15) is 14.4 Å². The molecule has 0 aliphatic carbocycles. The number of aliphatic carboxylic acids is 1. The van der Waals surface area contributed by atoms with Crippen LogP contribution < -0.4 is 5.32 Å². The summed E-state index contributed by atoms with van der Waals surface area (Å²) in [5.41, 5.74) is -0.0751. The number of carboxylic acid groups (broad SMARTS) is 1. The molecule has 1 aliphatic rings. The summed E-state index contributed by atoms with van der Waals surface area (Å²) in [6, 6.07) is -0.402. The molecule has 120 valence electrons. The Morgan fingerprint density at radius 2 is 2.05 bits per heavy atom. The van der Waals surface area contributed by atoms with Crippen LogP contribution in [-0.2, 0) is 14.4 Å². The first-order chi connectivity index (χ1) is 9.62. The summed E-state index contributed by atoms with van der Waals surface area (Å²) in [5, 5.41) is 11.8.